The number of amides is 1. The molecule has 4 heteroatoms. The van der Waals surface area contributed by atoms with Crippen molar-refractivity contribution < 1.29 is 9.90 Å². The van der Waals surface area contributed by atoms with E-state index in [2.05, 4.69) is 10.5 Å². The summed E-state index contributed by atoms with van der Waals surface area (Å²) >= 11 is 0. The van der Waals surface area contributed by atoms with Crippen molar-refractivity contribution in [2.45, 2.75) is 25.7 Å². The number of hydrazone groups is 1. The number of aromatic hydroxyl groups is 1. The van der Waals surface area contributed by atoms with Gasteiger partial charge in [-0.2, -0.15) is 5.10 Å². The molecule has 0 spiro atoms. The number of phenols is 1. The Bertz CT molecular complexity index is 782. The molecule has 2 bridgehead atoms. The van der Waals surface area contributed by atoms with Crippen LogP contribution in [0.15, 0.2) is 41.5 Å². The Morgan fingerprint density at radius 1 is 1.18 bits per heavy atom. The van der Waals surface area contributed by atoms with E-state index < -0.39 is 0 Å². The van der Waals surface area contributed by atoms with E-state index >= 15 is 0 Å². The van der Waals surface area contributed by atoms with Gasteiger partial charge in [-0.05, 0) is 54.4 Å². The molecule has 4 nitrogen and oxygen atoms in total. The van der Waals surface area contributed by atoms with Crippen LogP contribution in [0.4, 0.5) is 0 Å². The van der Waals surface area contributed by atoms with E-state index in [-0.39, 0.29) is 11.7 Å². The van der Waals surface area contributed by atoms with Gasteiger partial charge in [0, 0.05) is 5.71 Å². The summed E-state index contributed by atoms with van der Waals surface area (Å²) in [7, 11) is 0. The maximum atomic E-state index is 12.5. The second-order valence-corrected chi connectivity index (χ2v) is 6.31. The standard InChI is InChI=1S/C18H18N2O2/c21-16-8-7-12-3-1-2-4-14(12)17(16)18(22)20-19-15-10-11-5-6-13(15)9-11/h1-4,7-8,11,13,21H,5-6,9-10H2,(H,20,22)/b19-15-/t11-,13+/m0/s1. The van der Waals surface area contributed by atoms with Crippen LogP contribution in [0.5, 0.6) is 5.75 Å². The van der Waals surface area contributed by atoms with E-state index in [4.69, 9.17) is 0 Å². The van der Waals surface area contributed by atoms with Crippen molar-refractivity contribution in [2.24, 2.45) is 16.9 Å². The third kappa shape index (κ3) is 2.15. The minimum absolute atomic E-state index is 0.00987. The van der Waals surface area contributed by atoms with Crippen LogP contribution in [-0.2, 0) is 0 Å². The first kappa shape index (κ1) is 13.3. The van der Waals surface area contributed by atoms with Gasteiger partial charge in [-0.15, -0.1) is 0 Å². The van der Waals surface area contributed by atoms with Crippen molar-refractivity contribution in [1.82, 2.24) is 5.43 Å². The second kappa shape index (κ2) is 5.13. The van der Waals surface area contributed by atoms with Gasteiger partial charge in [0.25, 0.3) is 5.91 Å². The summed E-state index contributed by atoms with van der Waals surface area (Å²) in [4.78, 5) is 12.5. The molecule has 0 unspecified atom stereocenters. The van der Waals surface area contributed by atoms with Crippen LogP contribution < -0.4 is 5.43 Å². The molecule has 0 heterocycles. The van der Waals surface area contributed by atoms with Gasteiger partial charge in [-0.25, -0.2) is 5.43 Å². The summed E-state index contributed by atoms with van der Waals surface area (Å²) in [6.07, 6.45) is 4.71. The van der Waals surface area contributed by atoms with E-state index in [1.54, 1.807) is 6.07 Å². The lowest BCUT2D eigenvalue weighted by Crippen LogP contribution is -2.22. The maximum absolute atomic E-state index is 12.5. The lowest BCUT2D eigenvalue weighted by Gasteiger charge is -2.12. The minimum atomic E-state index is -0.343. The number of hydrogen-bond donors (Lipinski definition) is 2. The van der Waals surface area contributed by atoms with Crippen LogP contribution in [0, 0.1) is 11.8 Å². The fraction of sp³-hybridized carbons (Fsp3) is 0.333. The minimum Gasteiger partial charge on any atom is -0.507 e. The first-order valence-electron chi connectivity index (χ1n) is 7.80. The van der Waals surface area contributed by atoms with Gasteiger partial charge in [-0.1, -0.05) is 30.3 Å². The number of nitrogens with zero attached hydrogens (tertiary/aromatic N) is 1. The highest BCUT2D eigenvalue weighted by Gasteiger charge is 2.36. The first-order chi connectivity index (χ1) is 10.7. The van der Waals surface area contributed by atoms with Gasteiger partial charge in [-0.3, -0.25) is 4.79 Å². The maximum Gasteiger partial charge on any atom is 0.275 e. The smallest absolute Gasteiger partial charge is 0.275 e. The molecule has 22 heavy (non-hydrogen) atoms. The molecule has 2 aromatic rings. The van der Waals surface area contributed by atoms with Gasteiger partial charge >= 0.3 is 0 Å². The van der Waals surface area contributed by atoms with Crippen LogP contribution >= 0.6 is 0 Å². The van der Waals surface area contributed by atoms with Crippen LogP contribution in [-0.4, -0.2) is 16.7 Å². The molecular weight excluding hydrogens is 276 g/mol. The Hall–Kier alpha value is -2.36. The number of hydrogen-bond acceptors (Lipinski definition) is 3. The molecule has 0 aromatic heterocycles. The SMILES string of the molecule is O=C(N/N=C1/C[C@H]2CC[C@@H]1C2)c1c(O)ccc2ccccc12. The number of nitrogens with one attached hydrogen (secondary N) is 1. The molecule has 2 saturated carbocycles. The summed E-state index contributed by atoms with van der Waals surface area (Å²) < 4.78 is 0. The molecule has 0 saturated heterocycles. The highest BCUT2D eigenvalue weighted by Crippen LogP contribution is 2.42. The van der Waals surface area contributed by atoms with Crippen molar-refractivity contribution in [3.8, 4) is 5.75 Å². The Kier molecular flexibility index (Phi) is 3.10. The second-order valence-electron chi connectivity index (χ2n) is 6.31. The van der Waals surface area contributed by atoms with Gasteiger partial charge in [0.1, 0.15) is 5.75 Å². The molecule has 2 aliphatic carbocycles. The van der Waals surface area contributed by atoms with Crippen LogP contribution in [0.25, 0.3) is 10.8 Å². The molecule has 112 valence electrons. The van der Waals surface area contributed by atoms with Gasteiger partial charge in [0.2, 0.25) is 0 Å². The van der Waals surface area contributed by atoms with E-state index in [9.17, 15) is 9.90 Å². The van der Waals surface area contributed by atoms with Gasteiger partial charge in [0.05, 0.1) is 5.56 Å². The third-order valence-electron chi connectivity index (χ3n) is 4.95. The summed E-state index contributed by atoms with van der Waals surface area (Å²) in [6.45, 7) is 0. The topological polar surface area (TPSA) is 61.7 Å². The Morgan fingerprint density at radius 3 is 2.82 bits per heavy atom. The van der Waals surface area contributed by atoms with E-state index in [0.717, 1.165) is 28.8 Å². The molecule has 2 aliphatic rings. The molecule has 1 amide bonds. The molecule has 2 fully saturated rings. The fourth-order valence-electron chi connectivity index (χ4n) is 3.84. The molecule has 2 N–H and O–H groups in total. The Morgan fingerprint density at radius 2 is 2.05 bits per heavy atom. The van der Waals surface area contributed by atoms with Gasteiger partial charge < -0.3 is 5.11 Å². The zero-order valence-corrected chi connectivity index (χ0v) is 12.2. The van der Waals surface area contributed by atoms with E-state index in [0.29, 0.717) is 11.5 Å². The zero-order chi connectivity index (χ0) is 15.1. The van der Waals surface area contributed by atoms with Crippen LogP contribution in [0.1, 0.15) is 36.0 Å². The van der Waals surface area contributed by atoms with Crippen molar-refractivity contribution in [1.29, 1.82) is 0 Å². The summed E-state index contributed by atoms with van der Waals surface area (Å²) in [5, 5.41) is 16.1. The average Bonchev–Trinajstić information content (AvgIpc) is 3.15. The lowest BCUT2D eigenvalue weighted by atomic mass is 9.99. The molecule has 2 atom stereocenters. The molecule has 4 rings (SSSR count). The summed E-state index contributed by atoms with van der Waals surface area (Å²) in [6, 6.07) is 10.9. The quantitative estimate of drug-likeness (QED) is 0.833. The Labute approximate surface area is 128 Å². The third-order valence-corrected chi connectivity index (χ3v) is 4.95. The molecule has 0 radical (unpaired) electrons. The van der Waals surface area contributed by atoms with Crippen LogP contribution in [0.2, 0.25) is 0 Å². The lowest BCUT2D eigenvalue weighted by molar-refractivity contribution is 0.0953. The molecule has 2 aromatic carbocycles. The number of carbonyl (C=O) groups excluding carboxylic acids is 1. The summed E-state index contributed by atoms with van der Waals surface area (Å²) in [5.74, 6) is 0.951. The number of rotatable bonds is 2. The van der Waals surface area contributed by atoms with Crippen molar-refractivity contribution >= 4 is 22.4 Å². The molecule has 0 aliphatic heterocycles. The number of benzene rings is 2. The number of phenolic OH excluding ortho intramolecular Hbond substituents is 1. The van der Waals surface area contributed by atoms with Crippen molar-refractivity contribution in [2.75, 3.05) is 0 Å². The van der Waals surface area contributed by atoms with E-state index in [1.807, 2.05) is 30.3 Å². The monoisotopic (exact) mass is 294 g/mol. The summed E-state index contributed by atoms with van der Waals surface area (Å²) in [5.41, 5.74) is 4.06. The predicted molar refractivity (Wildman–Crippen MR) is 86.0 cm³/mol. The highest BCUT2D eigenvalue weighted by atomic mass is 16.3. The largest absolute Gasteiger partial charge is 0.507 e. The highest BCUT2D eigenvalue weighted by molar-refractivity contribution is 6.09. The zero-order valence-electron chi connectivity index (χ0n) is 12.2. The van der Waals surface area contributed by atoms with E-state index in [1.165, 1.54) is 19.3 Å². The first-order valence-corrected chi connectivity index (χ1v) is 7.80. The normalized spacial score (nSPS) is 25.0. The molecular formula is C18H18N2O2. The predicted octanol–water partition coefficient (Wildman–Crippen LogP) is 3.45. The van der Waals surface area contributed by atoms with Crippen molar-refractivity contribution in [3.63, 3.8) is 0 Å². The number of fused-ring (bicyclic) bond motifs is 3. The van der Waals surface area contributed by atoms with Crippen molar-refractivity contribution in [3.05, 3.63) is 42.0 Å². The number of carbonyl (C=O) groups is 1. The Balaban J connectivity index is 1.63. The van der Waals surface area contributed by atoms with Crippen LogP contribution in [0.3, 0.4) is 0 Å². The van der Waals surface area contributed by atoms with Gasteiger partial charge in [0.15, 0.2) is 0 Å². The fourth-order valence-corrected chi connectivity index (χ4v) is 3.84. The average molecular weight is 294 g/mol.